The largest absolute Gasteiger partial charge is 0.330 e. The van der Waals surface area contributed by atoms with Gasteiger partial charge in [-0.2, -0.15) is 0 Å². The number of nitrogens with two attached hydrogens (primary N) is 1. The van der Waals surface area contributed by atoms with E-state index < -0.39 is 0 Å². The highest BCUT2D eigenvalue weighted by atomic mass is 14.9. The smallest absolute Gasteiger partial charge is 0.00671 e. The molecule has 160 valence electrons. The van der Waals surface area contributed by atoms with E-state index in [1.54, 1.807) is 0 Å². The van der Waals surface area contributed by atoms with Crippen molar-refractivity contribution < 1.29 is 0 Å². The van der Waals surface area contributed by atoms with Crippen LogP contribution in [0.1, 0.15) is 91.4 Å². The number of rotatable bonds is 5. The van der Waals surface area contributed by atoms with E-state index in [0.29, 0.717) is 16.7 Å². The SMILES string of the molecule is C=C1CCC2[C@H](CN)C([C@@]3(C)CC[C@H](C)C[C@@H]3CNC3CCCC3)CC[C@]12C. The zero-order valence-corrected chi connectivity index (χ0v) is 18.9. The second-order valence-electron chi connectivity index (χ2n) is 11.7. The molecular weight excluding hydrogens is 340 g/mol. The van der Waals surface area contributed by atoms with Gasteiger partial charge < -0.3 is 11.1 Å². The van der Waals surface area contributed by atoms with E-state index in [9.17, 15) is 0 Å². The summed E-state index contributed by atoms with van der Waals surface area (Å²) in [6, 6.07) is 0.791. The van der Waals surface area contributed by atoms with Crippen molar-refractivity contribution in [2.75, 3.05) is 13.1 Å². The van der Waals surface area contributed by atoms with Crippen molar-refractivity contribution in [1.29, 1.82) is 0 Å². The normalized spacial score (nSPS) is 47.4. The van der Waals surface area contributed by atoms with Crippen LogP contribution in [-0.4, -0.2) is 19.1 Å². The topological polar surface area (TPSA) is 38.0 Å². The Bertz CT molecular complexity index is 565. The van der Waals surface area contributed by atoms with Crippen molar-refractivity contribution in [2.24, 2.45) is 46.2 Å². The van der Waals surface area contributed by atoms with Crippen LogP contribution in [0.2, 0.25) is 0 Å². The number of fused-ring (bicyclic) bond motifs is 1. The van der Waals surface area contributed by atoms with Crippen LogP contribution in [-0.2, 0) is 0 Å². The van der Waals surface area contributed by atoms with Crippen molar-refractivity contribution >= 4 is 0 Å². The van der Waals surface area contributed by atoms with Gasteiger partial charge in [-0.3, -0.25) is 0 Å². The first-order valence-electron chi connectivity index (χ1n) is 12.5. The van der Waals surface area contributed by atoms with Crippen molar-refractivity contribution in [3.05, 3.63) is 12.2 Å². The molecule has 0 aromatic rings. The summed E-state index contributed by atoms with van der Waals surface area (Å²) < 4.78 is 0. The summed E-state index contributed by atoms with van der Waals surface area (Å²) >= 11 is 0. The first-order chi connectivity index (χ1) is 13.4. The lowest BCUT2D eigenvalue weighted by molar-refractivity contribution is -0.0633. The molecule has 0 spiro atoms. The Morgan fingerprint density at radius 3 is 2.50 bits per heavy atom. The van der Waals surface area contributed by atoms with Gasteiger partial charge in [-0.05, 0) is 105 Å². The van der Waals surface area contributed by atoms with Crippen LogP contribution in [0.3, 0.4) is 0 Å². The minimum atomic E-state index is 0.371. The number of nitrogens with one attached hydrogen (secondary N) is 1. The van der Waals surface area contributed by atoms with Gasteiger partial charge in [-0.25, -0.2) is 0 Å². The fourth-order valence-electron chi connectivity index (χ4n) is 8.22. The van der Waals surface area contributed by atoms with E-state index in [2.05, 4.69) is 32.7 Å². The zero-order valence-electron chi connectivity index (χ0n) is 18.9. The second-order valence-corrected chi connectivity index (χ2v) is 11.7. The molecular formula is C26H46N2. The van der Waals surface area contributed by atoms with Gasteiger partial charge >= 0.3 is 0 Å². The van der Waals surface area contributed by atoms with E-state index in [4.69, 9.17) is 5.73 Å². The average molecular weight is 387 g/mol. The fraction of sp³-hybridized carbons (Fsp3) is 0.923. The van der Waals surface area contributed by atoms with Gasteiger partial charge in [0.05, 0.1) is 0 Å². The quantitative estimate of drug-likeness (QED) is 0.576. The van der Waals surface area contributed by atoms with Crippen molar-refractivity contribution in [3.8, 4) is 0 Å². The summed E-state index contributed by atoms with van der Waals surface area (Å²) in [6.45, 7) is 14.3. The second kappa shape index (κ2) is 8.06. The van der Waals surface area contributed by atoms with Crippen LogP contribution in [0.15, 0.2) is 12.2 Å². The van der Waals surface area contributed by atoms with E-state index >= 15 is 0 Å². The molecule has 4 aliphatic carbocycles. The van der Waals surface area contributed by atoms with Gasteiger partial charge in [0, 0.05) is 6.04 Å². The Balaban J connectivity index is 1.54. The van der Waals surface area contributed by atoms with Crippen molar-refractivity contribution in [2.45, 2.75) is 97.4 Å². The lowest BCUT2D eigenvalue weighted by atomic mass is 9.49. The average Bonchev–Trinajstić information content (AvgIpc) is 3.30. The number of hydrogen-bond donors (Lipinski definition) is 2. The molecule has 2 unspecified atom stereocenters. The number of hydrogen-bond acceptors (Lipinski definition) is 2. The molecule has 0 aliphatic heterocycles. The Labute approximate surface area is 174 Å². The Morgan fingerprint density at radius 2 is 1.79 bits per heavy atom. The van der Waals surface area contributed by atoms with Crippen molar-refractivity contribution in [3.63, 3.8) is 0 Å². The van der Waals surface area contributed by atoms with Crippen LogP contribution >= 0.6 is 0 Å². The molecule has 2 heteroatoms. The zero-order chi connectivity index (χ0) is 19.9. The third-order valence-electron chi connectivity index (χ3n) is 10.3. The van der Waals surface area contributed by atoms with Crippen LogP contribution < -0.4 is 11.1 Å². The Hall–Kier alpha value is -0.340. The first kappa shape index (κ1) is 20.9. The van der Waals surface area contributed by atoms with E-state index in [1.807, 2.05) is 0 Å². The fourth-order valence-corrected chi connectivity index (χ4v) is 8.22. The minimum absolute atomic E-state index is 0.371. The highest BCUT2D eigenvalue weighted by molar-refractivity contribution is 5.21. The molecule has 0 saturated heterocycles. The molecule has 0 bridgehead atoms. The van der Waals surface area contributed by atoms with Crippen LogP contribution in [0.4, 0.5) is 0 Å². The highest BCUT2D eigenvalue weighted by Gasteiger charge is 2.56. The molecule has 0 heterocycles. The number of allylic oxidation sites excluding steroid dienone is 1. The summed E-state index contributed by atoms with van der Waals surface area (Å²) in [6.07, 6.45) is 15.2. The molecule has 28 heavy (non-hydrogen) atoms. The third kappa shape index (κ3) is 3.51. The molecule has 0 amide bonds. The van der Waals surface area contributed by atoms with Gasteiger partial charge in [0.25, 0.3) is 0 Å². The van der Waals surface area contributed by atoms with E-state index in [-0.39, 0.29) is 0 Å². The van der Waals surface area contributed by atoms with Gasteiger partial charge in [0.1, 0.15) is 0 Å². The maximum atomic E-state index is 6.52. The van der Waals surface area contributed by atoms with Gasteiger partial charge in [-0.1, -0.05) is 52.2 Å². The predicted octanol–water partition coefficient (Wildman–Crippen LogP) is 5.92. The van der Waals surface area contributed by atoms with Gasteiger partial charge in [0.15, 0.2) is 0 Å². The highest BCUT2D eigenvalue weighted by Crippen LogP contribution is 2.63. The van der Waals surface area contributed by atoms with Gasteiger partial charge in [0.2, 0.25) is 0 Å². The predicted molar refractivity (Wildman–Crippen MR) is 120 cm³/mol. The van der Waals surface area contributed by atoms with Crippen LogP contribution in [0.25, 0.3) is 0 Å². The molecule has 4 saturated carbocycles. The molecule has 0 aromatic carbocycles. The monoisotopic (exact) mass is 386 g/mol. The molecule has 0 aromatic heterocycles. The first-order valence-corrected chi connectivity index (χ1v) is 12.5. The van der Waals surface area contributed by atoms with E-state index in [0.717, 1.165) is 36.3 Å². The minimum Gasteiger partial charge on any atom is -0.330 e. The molecule has 0 radical (unpaired) electrons. The summed E-state index contributed by atoms with van der Waals surface area (Å²) in [5.74, 6) is 4.00. The molecule has 3 N–H and O–H groups in total. The standard InChI is InChI=1S/C26H46N2/c1-18-11-13-26(4,20(15-18)17-28-21-7-5-6-8-21)24-12-14-25(3)19(2)9-10-23(25)22(24)16-27/h18,20-24,28H,2,5-17,27H2,1,3-4H3/t18-,20+,22-,23?,24?,25+,26-/m0/s1. The summed E-state index contributed by atoms with van der Waals surface area (Å²) in [5, 5.41) is 4.01. The lowest BCUT2D eigenvalue weighted by Crippen LogP contribution is -2.53. The molecule has 4 aliphatic rings. The maximum absolute atomic E-state index is 6.52. The van der Waals surface area contributed by atoms with E-state index in [1.165, 1.54) is 82.7 Å². The Morgan fingerprint density at radius 1 is 1.04 bits per heavy atom. The van der Waals surface area contributed by atoms with Gasteiger partial charge in [-0.15, -0.1) is 0 Å². The maximum Gasteiger partial charge on any atom is 0.00671 e. The summed E-state index contributed by atoms with van der Waals surface area (Å²) in [7, 11) is 0. The molecule has 7 atom stereocenters. The van der Waals surface area contributed by atoms with Crippen LogP contribution in [0.5, 0.6) is 0 Å². The van der Waals surface area contributed by atoms with Crippen LogP contribution in [0, 0.1) is 40.4 Å². The lowest BCUT2D eigenvalue weighted by Gasteiger charge is -2.57. The molecule has 4 rings (SSSR count). The third-order valence-corrected chi connectivity index (χ3v) is 10.3. The van der Waals surface area contributed by atoms with Crippen molar-refractivity contribution in [1.82, 2.24) is 5.32 Å². The summed E-state index contributed by atoms with van der Waals surface area (Å²) in [5.41, 5.74) is 8.88. The Kier molecular flexibility index (Phi) is 6.02. The molecule has 2 nitrogen and oxygen atoms in total. The molecule has 4 fully saturated rings. The summed E-state index contributed by atoms with van der Waals surface area (Å²) in [4.78, 5) is 0.